The van der Waals surface area contributed by atoms with Gasteiger partial charge in [0.25, 0.3) is 0 Å². The smallest absolute Gasteiger partial charge is 0.177 e. The fraction of sp³-hybridized carbons (Fsp3) is 0.455. The quantitative estimate of drug-likeness (QED) is 0.611. The van der Waals surface area contributed by atoms with Crippen molar-refractivity contribution < 1.29 is 8.42 Å². The Morgan fingerprint density at radius 2 is 2.06 bits per heavy atom. The van der Waals surface area contributed by atoms with Gasteiger partial charge in [-0.2, -0.15) is 0 Å². The van der Waals surface area contributed by atoms with E-state index in [1.807, 2.05) is 0 Å². The minimum atomic E-state index is -3.25. The van der Waals surface area contributed by atoms with Crippen molar-refractivity contribution in [2.24, 2.45) is 0 Å². The predicted octanol–water partition coefficient (Wildman–Crippen LogP) is 1.88. The lowest BCUT2D eigenvalue weighted by molar-refractivity contribution is 0.602. The Balaban J connectivity index is 2.96. The van der Waals surface area contributed by atoms with Crippen molar-refractivity contribution in [1.29, 1.82) is 0 Å². The number of hydrogen-bond donors (Lipinski definition) is 2. The number of rotatable bonds is 5. The van der Waals surface area contributed by atoms with E-state index < -0.39 is 9.84 Å². The van der Waals surface area contributed by atoms with Crippen LogP contribution in [0.4, 0.5) is 11.4 Å². The number of para-hydroxylation sites is 1. The molecule has 0 unspecified atom stereocenters. The van der Waals surface area contributed by atoms with Gasteiger partial charge in [-0.25, -0.2) is 8.42 Å². The molecule has 1 rings (SSSR count). The van der Waals surface area contributed by atoms with Crippen LogP contribution in [0, 0.1) is 0 Å². The fourth-order valence-electron chi connectivity index (χ4n) is 1.42. The number of benzene rings is 1. The third-order valence-corrected chi connectivity index (χ3v) is 3.47. The van der Waals surface area contributed by atoms with Gasteiger partial charge in [0.2, 0.25) is 0 Å². The normalized spacial score (nSPS) is 11.4. The van der Waals surface area contributed by atoms with Crippen molar-refractivity contribution in [2.45, 2.75) is 24.7 Å². The van der Waals surface area contributed by atoms with E-state index >= 15 is 0 Å². The number of hydrogen-bond acceptors (Lipinski definition) is 4. The summed E-state index contributed by atoms with van der Waals surface area (Å²) < 4.78 is 22.9. The molecular weight excluding hydrogens is 224 g/mol. The van der Waals surface area contributed by atoms with Crippen molar-refractivity contribution in [3.8, 4) is 0 Å². The highest BCUT2D eigenvalue weighted by Gasteiger charge is 2.13. The summed E-state index contributed by atoms with van der Waals surface area (Å²) in [7, 11) is -3.25. The summed E-state index contributed by atoms with van der Waals surface area (Å²) in [6.45, 7) is 2.89. The number of sulfone groups is 1. The average Bonchev–Trinajstić information content (AvgIpc) is 2.19. The molecule has 0 aliphatic carbocycles. The van der Waals surface area contributed by atoms with E-state index in [1.54, 1.807) is 12.1 Å². The molecule has 0 aromatic heterocycles. The maximum atomic E-state index is 11.4. The number of nitrogens with one attached hydrogen (secondary N) is 1. The summed E-state index contributed by atoms with van der Waals surface area (Å²) in [6.07, 6.45) is 3.27. The SMILES string of the molecule is CCCCNc1cccc(S(C)(=O)=O)c1N. The molecule has 5 heteroatoms. The molecule has 0 spiro atoms. The molecule has 0 fully saturated rings. The van der Waals surface area contributed by atoms with Crippen LogP contribution < -0.4 is 11.1 Å². The maximum absolute atomic E-state index is 11.4. The van der Waals surface area contributed by atoms with E-state index in [4.69, 9.17) is 5.73 Å². The summed E-state index contributed by atoms with van der Waals surface area (Å²) in [5, 5.41) is 3.14. The van der Waals surface area contributed by atoms with E-state index in [0.29, 0.717) is 11.4 Å². The van der Waals surface area contributed by atoms with Crippen molar-refractivity contribution in [1.82, 2.24) is 0 Å². The van der Waals surface area contributed by atoms with Gasteiger partial charge in [0.1, 0.15) is 0 Å². The molecule has 90 valence electrons. The molecule has 0 aliphatic rings. The number of unbranched alkanes of at least 4 members (excludes halogenated alkanes) is 1. The molecule has 0 atom stereocenters. The largest absolute Gasteiger partial charge is 0.396 e. The lowest BCUT2D eigenvalue weighted by Crippen LogP contribution is -2.08. The van der Waals surface area contributed by atoms with Gasteiger partial charge in [-0.1, -0.05) is 19.4 Å². The van der Waals surface area contributed by atoms with Crippen LogP contribution in [0.25, 0.3) is 0 Å². The van der Waals surface area contributed by atoms with Crippen LogP contribution in [-0.4, -0.2) is 21.2 Å². The Kier molecular flexibility index (Phi) is 4.18. The van der Waals surface area contributed by atoms with Gasteiger partial charge >= 0.3 is 0 Å². The molecule has 1 aromatic rings. The molecule has 4 nitrogen and oxygen atoms in total. The molecule has 0 saturated carbocycles. The van der Waals surface area contributed by atoms with Crippen molar-refractivity contribution in [3.05, 3.63) is 18.2 Å². The van der Waals surface area contributed by atoms with E-state index in [9.17, 15) is 8.42 Å². The summed E-state index contributed by atoms with van der Waals surface area (Å²) in [6, 6.07) is 5.01. The molecule has 16 heavy (non-hydrogen) atoms. The van der Waals surface area contributed by atoms with Crippen LogP contribution in [0.2, 0.25) is 0 Å². The number of anilines is 2. The Hall–Kier alpha value is -1.23. The topological polar surface area (TPSA) is 72.2 Å². The van der Waals surface area contributed by atoms with E-state index in [0.717, 1.165) is 25.6 Å². The van der Waals surface area contributed by atoms with Crippen LogP contribution in [0.15, 0.2) is 23.1 Å². The first-order valence-corrected chi connectivity index (χ1v) is 7.18. The molecule has 0 radical (unpaired) electrons. The standard InChI is InChI=1S/C11H18N2O2S/c1-3-4-8-13-9-6-5-7-10(11(9)12)16(2,14)15/h5-7,13H,3-4,8,12H2,1-2H3. The van der Waals surface area contributed by atoms with E-state index in [-0.39, 0.29) is 4.90 Å². The Morgan fingerprint density at radius 1 is 1.38 bits per heavy atom. The van der Waals surface area contributed by atoms with Gasteiger partial charge in [0.05, 0.1) is 16.3 Å². The Bertz CT molecular complexity index is 455. The number of nitrogen functional groups attached to an aromatic ring is 1. The summed E-state index contributed by atoms with van der Waals surface area (Å²) in [5.41, 5.74) is 6.81. The van der Waals surface area contributed by atoms with Crippen molar-refractivity contribution >= 4 is 21.2 Å². The predicted molar refractivity (Wildman–Crippen MR) is 67.4 cm³/mol. The third kappa shape index (κ3) is 3.13. The first-order valence-electron chi connectivity index (χ1n) is 5.29. The molecule has 0 amide bonds. The zero-order chi connectivity index (χ0) is 12.2. The van der Waals surface area contributed by atoms with Crippen LogP contribution >= 0.6 is 0 Å². The highest BCUT2D eigenvalue weighted by atomic mass is 32.2. The number of nitrogens with two attached hydrogens (primary N) is 1. The summed E-state index contributed by atoms with van der Waals surface area (Å²) in [5.74, 6) is 0. The van der Waals surface area contributed by atoms with Crippen LogP contribution in [0.3, 0.4) is 0 Å². The molecule has 0 bridgehead atoms. The van der Waals surface area contributed by atoms with Gasteiger partial charge in [-0.3, -0.25) is 0 Å². The zero-order valence-corrected chi connectivity index (χ0v) is 10.5. The lowest BCUT2D eigenvalue weighted by Gasteiger charge is -2.11. The van der Waals surface area contributed by atoms with Crippen molar-refractivity contribution in [3.63, 3.8) is 0 Å². The van der Waals surface area contributed by atoms with Gasteiger partial charge < -0.3 is 11.1 Å². The van der Waals surface area contributed by atoms with Gasteiger partial charge in [0.15, 0.2) is 9.84 Å². The minimum absolute atomic E-state index is 0.189. The highest BCUT2D eigenvalue weighted by Crippen LogP contribution is 2.26. The average molecular weight is 242 g/mol. The molecule has 3 N–H and O–H groups in total. The maximum Gasteiger partial charge on any atom is 0.177 e. The second kappa shape index (κ2) is 5.21. The third-order valence-electron chi connectivity index (χ3n) is 2.31. The molecule has 1 aromatic carbocycles. The van der Waals surface area contributed by atoms with Crippen LogP contribution in [0.1, 0.15) is 19.8 Å². The monoisotopic (exact) mass is 242 g/mol. The van der Waals surface area contributed by atoms with Gasteiger partial charge in [-0.05, 0) is 18.6 Å². The van der Waals surface area contributed by atoms with Gasteiger partial charge in [-0.15, -0.1) is 0 Å². The highest BCUT2D eigenvalue weighted by molar-refractivity contribution is 7.90. The second-order valence-corrected chi connectivity index (χ2v) is 5.75. The molecule has 0 aliphatic heterocycles. The van der Waals surface area contributed by atoms with Crippen LogP contribution in [-0.2, 0) is 9.84 Å². The van der Waals surface area contributed by atoms with Crippen molar-refractivity contribution in [2.75, 3.05) is 23.9 Å². The van der Waals surface area contributed by atoms with Crippen LogP contribution in [0.5, 0.6) is 0 Å². The molecular formula is C11H18N2O2S. The lowest BCUT2D eigenvalue weighted by atomic mass is 10.2. The minimum Gasteiger partial charge on any atom is -0.396 e. The van der Waals surface area contributed by atoms with E-state index in [2.05, 4.69) is 12.2 Å². The second-order valence-electron chi connectivity index (χ2n) is 3.77. The Morgan fingerprint density at radius 3 is 2.62 bits per heavy atom. The van der Waals surface area contributed by atoms with E-state index in [1.165, 1.54) is 6.07 Å². The Labute approximate surface area is 96.8 Å². The first-order chi connectivity index (χ1) is 7.46. The van der Waals surface area contributed by atoms with Gasteiger partial charge in [0, 0.05) is 12.8 Å². The summed E-state index contributed by atoms with van der Waals surface area (Å²) in [4.78, 5) is 0.189. The summed E-state index contributed by atoms with van der Waals surface area (Å²) >= 11 is 0. The molecule has 0 heterocycles. The first kappa shape index (κ1) is 12.8. The molecule has 0 saturated heterocycles. The fourth-order valence-corrected chi connectivity index (χ4v) is 2.26. The zero-order valence-electron chi connectivity index (χ0n) is 9.66.